The van der Waals surface area contributed by atoms with E-state index in [1.54, 1.807) is 23.1 Å². The highest BCUT2D eigenvalue weighted by Crippen LogP contribution is 2.26. The molecule has 1 atom stereocenters. The summed E-state index contributed by atoms with van der Waals surface area (Å²) in [5.41, 5.74) is 0.391. The van der Waals surface area contributed by atoms with Crippen molar-refractivity contribution in [2.45, 2.75) is 58.9 Å². The number of hydrogen-bond acceptors (Lipinski definition) is 6. The molecule has 10 heteroatoms. The Balaban J connectivity index is 1.97. The predicted molar refractivity (Wildman–Crippen MR) is 138 cm³/mol. The molecule has 188 valence electrons. The van der Waals surface area contributed by atoms with E-state index >= 15 is 0 Å². The topological polar surface area (TPSA) is 97.0 Å². The zero-order chi connectivity index (χ0) is 25.1. The van der Waals surface area contributed by atoms with Gasteiger partial charge in [-0.3, -0.25) is 19.7 Å². The van der Waals surface area contributed by atoms with Crippen LogP contribution in [0.3, 0.4) is 0 Å². The Morgan fingerprint density at radius 1 is 1.29 bits per heavy atom. The summed E-state index contributed by atoms with van der Waals surface area (Å²) in [6.07, 6.45) is 4.30. The molecule has 2 rings (SSSR count). The van der Waals surface area contributed by atoms with Crippen LogP contribution in [0.4, 0.5) is 0 Å². The van der Waals surface area contributed by atoms with Crippen LogP contribution in [-0.4, -0.2) is 60.1 Å². The number of piperazine rings is 1. The molecule has 8 nitrogen and oxygen atoms in total. The summed E-state index contributed by atoms with van der Waals surface area (Å²) in [6, 6.07) is 4.23. The largest absolute Gasteiger partial charge is 0.492 e. The summed E-state index contributed by atoms with van der Waals surface area (Å²) in [4.78, 5) is 39.0. The molecule has 1 heterocycles. The zero-order valence-corrected chi connectivity index (χ0v) is 22.4. The van der Waals surface area contributed by atoms with Gasteiger partial charge in [-0.15, -0.1) is 0 Å². The third kappa shape index (κ3) is 8.87. The molecule has 1 unspecified atom stereocenters. The lowest BCUT2D eigenvalue weighted by Gasteiger charge is -2.36. The van der Waals surface area contributed by atoms with Crippen LogP contribution in [0.5, 0.6) is 5.75 Å². The van der Waals surface area contributed by atoms with Gasteiger partial charge in [0, 0.05) is 18.7 Å². The predicted octanol–water partition coefficient (Wildman–Crippen LogP) is 3.81. The van der Waals surface area contributed by atoms with Crippen LogP contribution in [0.2, 0.25) is 0 Å². The number of ether oxygens (including phenoxy) is 2. The number of nitrogens with zero attached hydrogens (tertiary/aromatic N) is 1. The number of benzene rings is 1. The third-order valence-corrected chi connectivity index (χ3v) is 6.16. The Morgan fingerprint density at radius 3 is 2.74 bits per heavy atom. The first kappa shape index (κ1) is 28.0. The molecule has 0 aromatic heterocycles. The van der Waals surface area contributed by atoms with Gasteiger partial charge in [-0.2, -0.15) is 0 Å². The summed E-state index contributed by atoms with van der Waals surface area (Å²) in [6.45, 7) is 7.66. The van der Waals surface area contributed by atoms with Crippen molar-refractivity contribution in [2.75, 3.05) is 26.3 Å². The van der Waals surface area contributed by atoms with Crippen LogP contribution in [0.15, 0.2) is 22.7 Å². The maximum absolute atomic E-state index is 12.8. The van der Waals surface area contributed by atoms with Crippen molar-refractivity contribution >= 4 is 51.0 Å². The molecule has 1 aliphatic rings. The molecule has 1 saturated heterocycles. The van der Waals surface area contributed by atoms with Gasteiger partial charge in [-0.1, -0.05) is 40.0 Å². The standard InChI is InChI=1S/C24H34BrN3O5S/c1-4-5-6-7-12-32-20-9-8-17(13-18(20)25)22(30)27-24(34)28-11-10-26-23(31)19(28)14-21(29)33-15-16(2)3/h8-9,13,16,19H,4-7,10-12,14-15H2,1-3H3,(H,26,31)(H,27,30,34). The van der Waals surface area contributed by atoms with Crippen LogP contribution < -0.4 is 15.4 Å². The van der Waals surface area contributed by atoms with Crippen molar-refractivity contribution in [3.8, 4) is 5.75 Å². The molecule has 2 N–H and O–H groups in total. The molecule has 0 saturated carbocycles. The Morgan fingerprint density at radius 2 is 2.06 bits per heavy atom. The van der Waals surface area contributed by atoms with Gasteiger partial charge in [0.1, 0.15) is 11.8 Å². The van der Waals surface area contributed by atoms with E-state index in [-0.39, 0.29) is 30.0 Å². The highest BCUT2D eigenvalue weighted by atomic mass is 79.9. The second kappa shape index (κ2) is 14.3. The molecule has 0 spiro atoms. The molecule has 0 bridgehead atoms. The first-order valence-corrected chi connectivity index (χ1v) is 12.9. The lowest BCUT2D eigenvalue weighted by Crippen LogP contribution is -2.60. The van der Waals surface area contributed by atoms with E-state index in [9.17, 15) is 14.4 Å². The van der Waals surface area contributed by atoms with Gasteiger partial charge in [-0.05, 0) is 58.7 Å². The molecular weight excluding hydrogens is 522 g/mol. The van der Waals surface area contributed by atoms with Crippen molar-refractivity contribution in [2.24, 2.45) is 5.92 Å². The molecule has 34 heavy (non-hydrogen) atoms. The maximum atomic E-state index is 12.8. The van der Waals surface area contributed by atoms with E-state index in [1.807, 2.05) is 13.8 Å². The minimum absolute atomic E-state index is 0.0916. The van der Waals surface area contributed by atoms with Gasteiger partial charge in [0.25, 0.3) is 5.91 Å². The van der Waals surface area contributed by atoms with Gasteiger partial charge in [0.2, 0.25) is 5.91 Å². The van der Waals surface area contributed by atoms with Gasteiger partial charge < -0.3 is 19.7 Å². The summed E-state index contributed by atoms with van der Waals surface area (Å²) >= 11 is 8.87. The SMILES string of the molecule is CCCCCCOc1ccc(C(=O)NC(=S)N2CCNC(=O)C2CC(=O)OCC(C)C)cc1Br. The van der Waals surface area contributed by atoms with Gasteiger partial charge >= 0.3 is 5.97 Å². The fourth-order valence-electron chi connectivity index (χ4n) is 3.35. The molecule has 1 aromatic carbocycles. The molecule has 1 fully saturated rings. The van der Waals surface area contributed by atoms with Crippen LogP contribution in [-0.2, 0) is 14.3 Å². The Kier molecular flexibility index (Phi) is 11.8. The minimum Gasteiger partial charge on any atom is -0.492 e. The molecule has 1 aromatic rings. The number of esters is 1. The van der Waals surface area contributed by atoms with Crippen LogP contribution >= 0.6 is 28.1 Å². The van der Waals surface area contributed by atoms with E-state index in [2.05, 4.69) is 33.5 Å². The maximum Gasteiger partial charge on any atom is 0.308 e. The Labute approximate surface area is 215 Å². The van der Waals surface area contributed by atoms with Crippen LogP contribution in [0.25, 0.3) is 0 Å². The summed E-state index contributed by atoms with van der Waals surface area (Å²) in [5, 5.41) is 5.50. The van der Waals surface area contributed by atoms with Crippen molar-refractivity contribution in [3.05, 3.63) is 28.2 Å². The lowest BCUT2D eigenvalue weighted by atomic mass is 10.1. The van der Waals surface area contributed by atoms with E-state index in [4.69, 9.17) is 21.7 Å². The molecular formula is C24H34BrN3O5S. The van der Waals surface area contributed by atoms with E-state index in [0.29, 0.717) is 35.5 Å². The highest BCUT2D eigenvalue weighted by molar-refractivity contribution is 9.10. The normalized spacial score (nSPS) is 15.6. The number of halogens is 1. The summed E-state index contributed by atoms with van der Waals surface area (Å²) < 4.78 is 11.7. The second-order valence-electron chi connectivity index (χ2n) is 8.59. The number of thiocarbonyl (C=S) groups is 1. The van der Waals surface area contributed by atoms with Gasteiger partial charge in [0.05, 0.1) is 24.1 Å². The molecule has 1 aliphatic heterocycles. The van der Waals surface area contributed by atoms with Crippen molar-refractivity contribution in [1.29, 1.82) is 0 Å². The lowest BCUT2D eigenvalue weighted by molar-refractivity contribution is -0.148. The average molecular weight is 557 g/mol. The fourth-order valence-corrected chi connectivity index (χ4v) is 4.15. The molecule has 2 amide bonds. The number of hydrogen-bond donors (Lipinski definition) is 2. The van der Waals surface area contributed by atoms with E-state index in [0.717, 1.165) is 12.8 Å². The fraction of sp³-hybridized carbons (Fsp3) is 0.583. The first-order valence-electron chi connectivity index (χ1n) is 11.7. The van der Waals surface area contributed by atoms with Crippen molar-refractivity contribution in [3.63, 3.8) is 0 Å². The summed E-state index contributed by atoms with van der Waals surface area (Å²) in [7, 11) is 0. The number of unbranched alkanes of at least 4 members (excludes halogenated alkanes) is 3. The van der Waals surface area contributed by atoms with E-state index < -0.39 is 17.9 Å². The minimum atomic E-state index is -0.837. The Hall–Kier alpha value is -2.20. The van der Waals surface area contributed by atoms with E-state index in [1.165, 1.54) is 12.8 Å². The monoisotopic (exact) mass is 555 g/mol. The first-order chi connectivity index (χ1) is 16.2. The number of nitrogens with one attached hydrogen (secondary N) is 2. The quantitative estimate of drug-likeness (QED) is 0.243. The average Bonchev–Trinajstić information content (AvgIpc) is 2.79. The number of carbonyl (C=O) groups excluding carboxylic acids is 3. The Bertz CT molecular complexity index is 880. The highest BCUT2D eigenvalue weighted by Gasteiger charge is 2.34. The van der Waals surface area contributed by atoms with Crippen molar-refractivity contribution in [1.82, 2.24) is 15.5 Å². The second-order valence-corrected chi connectivity index (χ2v) is 9.84. The third-order valence-electron chi connectivity index (χ3n) is 5.20. The number of rotatable bonds is 11. The van der Waals surface area contributed by atoms with Crippen LogP contribution in [0, 0.1) is 5.92 Å². The van der Waals surface area contributed by atoms with Gasteiger partial charge in [0.15, 0.2) is 5.11 Å². The molecule has 0 aliphatic carbocycles. The smallest absolute Gasteiger partial charge is 0.308 e. The summed E-state index contributed by atoms with van der Waals surface area (Å²) in [5.74, 6) is -0.356. The number of amides is 2. The van der Waals surface area contributed by atoms with Crippen LogP contribution in [0.1, 0.15) is 63.2 Å². The number of carbonyl (C=O) groups is 3. The zero-order valence-electron chi connectivity index (χ0n) is 20.0. The van der Waals surface area contributed by atoms with Crippen molar-refractivity contribution < 1.29 is 23.9 Å². The molecule has 0 radical (unpaired) electrons. The van der Waals surface area contributed by atoms with Gasteiger partial charge in [-0.25, -0.2) is 0 Å².